The second-order valence-electron chi connectivity index (χ2n) is 3.87. The third-order valence-corrected chi connectivity index (χ3v) is 2.27. The van der Waals surface area contributed by atoms with Crippen LogP contribution >= 0.6 is 0 Å². The molecule has 0 aromatic rings. The third-order valence-electron chi connectivity index (χ3n) is 2.27. The first-order chi connectivity index (χ1) is 5.54. The summed E-state index contributed by atoms with van der Waals surface area (Å²) in [5.74, 6) is 0. The molecule has 0 bridgehead atoms. The minimum Gasteiger partial charge on any atom is -0.388 e. The number of hydrogen-bond acceptors (Lipinski definition) is 3. The lowest BCUT2D eigenvalue weighted by molar-refractivity contribution is -0.221. The number of aliphatic hydroxyl groups is 1. The summed E-state index contributed by atoms with van der Waals surface area (Å²) >= 11 is 0. The van der Waals surface area contributed by atoms with Crippen LogP contribution < -0.4 is 0 Å². The molecule has 0 aromatic carbocycles. The van der Waals surface area contributed by atoms with Crippen LogP contribution in [0.5, 0.6) is 0 Å². The van der Waals surface area contributed by atoms with E-state index in [-0.39, 0.29) is 12.4 Å². The lowest BCUT2D eigenvalue weighted by Crippen LogP contribution is -2.43. The standard InChI is InChI=1S/C9H18O3/c1-9(2,10)7-5-4-6-8(11-3)12-7/h7-8,10H,4-6H2,1-3H3/t7-,8?/m0/s1. The molecule has 0 spiro atoms. The molecule has 0 saturated carbocycles. The topological polar surface area (TPSA) is 38.7 Å². The molecule has 1 N–H and O–H groups in total. The van der Waals surface area contributed by atoms with Crippen LogP contribution in [-0.2, 0) is 9.47 Å². The molecule has 1 heterocycles. The van der Waals surface area contributed by atoms with Crippen molar-refractivity contribution < 1.29 is 14.6 Å². The largest absolute Gasteiger partial charge is 0.388 e. The highest BCUT2D eigenvalue weighted by Gasteiger charge is 2.32. The zero-order valence-electron chi connectivity index (χ0n) is 8.04. The second-order valence-corrected chi connectivity index (χ2v) is 3.87. The summed E-state index contributed by atoms with van der Waals surface area (Å²) in [6.45, 7) is 3.55. The fourth-order valence-corrected chi connectivity index (χ4v) is 1.48. The summed E-state index contributed by atoms with van der Waals surface area (Å²) in [5.41, 5.74) is -0.753. The van der Waals surface area contributed by atoms with Crippen molar-refractivity contribution >= 4 is 0 Å². The van der Waals surface area contributed by atoms with Gasteiger partial charge in [-0.2, -0.15) is 0 Å². The normalized spacial score (nSPS) is 32.0. The van der Waals surface area contributed by atoms with Crippen LogP contribution in [0.25, 0.3) is 0 Å². The first-order valence-corrected chi connectivity index (χ1v) is 4.44. The van der Waals surface area contributed by atoms with Crippen LogP contribution in [0.15, 0.2) is 0 Å². The Bertz CT molecular complexity index is 139. The van der Waals surface area contributed by atoms with Gasteiger partial charge < -0.3 is 14.6 Å². The van der Waals surface area contributed by atoms with Gasteiger partial charge in [0.2, 0.25) is 0 Å². The van der Waals surface area contributed by atoms with E-state index in [2.05, 4.69) is 0 Å². The van der Waals surface area contributed by atoms with Gasteiger partial charge in [0.05, 0.1) is 11.7 Å². The van der Waals surface area contributed by atoms with Gasteiger partial charge in [-0.25, -0.2) is 0 Å². The number of methoxy groups -OCH3 is 1. The molecule has 3 heteroatoms. The lowest BCUT2D eigenvalue weighted by Gasteiger charge is -2.36. The summed E-state index contributed by atoms with van der Waals surface area (Å²) in [7, 11) is 1.64. The molecular formula is C9H18O3. The van der Waals surface area contributed by atoms with Gasteiger partial charge in [-0.1, -0.05) is 0 Å². The molecule has 2 atom stereocenters. The molecule has 1 fully saturated rings. The van der Waals surface area contributed by atoms with Crippen molar-refractivity contribution in [3.8, 4) is 0 Å². The van der Waals surface area contributed by atoms with Crippen molar-refractivity contribution in [1.29, 1.82) is 0 Å². The molecule has 1 aliphatic heterocycles. The lowest BCUT2D eigenvalue weighted by atomic mass is 9.94. The molecule has 72 valence electrons. The summed E-state index contributed by atoms with van der Waals surface area (Å²) in [6, 6.07) is 0. The Morgan fingerprint density at radius 1 is 1.42 bits per heavy atom. The van der Waals surface area contributed by atoms with Gasteiger partial charge in [0.1, 0.15) is 0 Å². The van der Waals surface area contributed by atoms with Crippen LogP contribution in [0.1, 0.15) is 33.1 Å². The van der Waals surface area contributed by atoms with Crippen LogP contribution in [0, 0.1) is 0 Å². The van der Waals surface area contributed by atoms with E-state index >= 15 is 0 Å². The average molecular weight is 174 g/mol. The van der Waals surface area contributed by atoms with Crippen molar-refractivity contribution in [3.05, 3.63) is 0 Å². The Kier molecular flexibility index (Phi) is 3.09. The van der Waals surface area contributed by atoms with Gasteiger partial charge >= 0.3 is 0 Å². The maximum atomic E-state index is 9.68. The summed E-state index contributed by atoms with van der Waals surface area (Å²) in [6.07, 6.45) is 2.70. The van der Waals surface area contributed by atoms with Crippen LogP contribution in [-0.4, -0.2) is 30.2 Å². The van der Waals surface area contributed by atoms with E-state index in [0.29, 0.717) is 0 Å². The SMILES string of the molecule is COC1CCC[C@@H](C(C)(C)O)O1. The Morgan fingerprint density at radius 3 is 2.58 bits per heavy atom. The van der Waals surface area contributed by atoms with Gasteiger partial charge in [0.15, 0.2) is 6.29 Å². The van der Waals surface area contributed by atoms with E-state index in [1.54, 1.807) is 21.0 Å². The molecular weight excluding hydrogens is 156 g/mol. The molecule has 0 aromatic heterocycles. The minimum absolute atomic E-state index is 0.0869. The predicted molar refractivity (Wildman–Crippen MR) is 45.8 cm³/mol. The fourth-order valence-electron chi connectivity index (χ4n) is 1.48. The quantitative estimate of drug-likeness (QED) is 0.685. The molecule has 0 amide bonds. The molecule has 12 heavy (non-hydrogen) atoms. The van der Waals surface area contributed by atoms with Crippen molar-refractivity contribution in [3.63, 3.8) is 0 Å². The predicted octanol–water partition coefficient (Wildman–Crippen LogP) is 1.30. The molecule has 1 rings (SSSR count). The average Bonchev–Trinajstić information content (AvgIpc) is 2.03. The smallest absolute Gasteiger partial charge is 0.157 e. The van der Waals surface area contributed by atoms with Crippen LogP contribution in [0.4, 0.5) is 0 Å². The van der Waals surface area contributed by atoms with Gasteiger partial charge in [-0.15, -0.1) is 0 Å². The number of ether oxygens (including phenoxy) is 2. The highest BCUT2D eigenvalue weighted by atomic mass is 16.7. The van der Waals surface area contributed by atoms with E-state index in [9.17, 15) is 5.11 Å². The summed E-state index contributed by atoms with van der Waals surface area (Å²) in [5, 5.41) is 9.68. The van der Waals surface area contributed by atoms with E-state index < -0.39 is 5.60 Å². The Labute approximate surface area is 73.7 Å². The Balaban J connectivity index is 2.46. The maximum absolute atomic E-state index is 9.68. The first kappa shape index (κ1) is 9.96. The van der Waals surface area contributed by atoms with Gasteiger partial charge in [-0.05, 0) is 33.1 Å². The molecule has 1 aliphatic rings. The van der Waals surface area contributed by atoms with Crippen molar-refractivity contribution in [2.75, 3.05) is 7.11 Å². The number of hydrogen-bond donors (Lipinski definition) is 1. The van der Waals surface area contributed by atoms with E-state index in [1.807, 2.05) is 0 Å². The van der Waals surface area contributed by atoms with Crippen molar-refractivity contribution in [2.24, 2.45) is 0 Å². The monoisotopic (exact) mass is 174 g/mol. The van der Waals surface area contributed by atoms with Gasteiger partial charge in [0.25, 0.3) is 0 Å². The summed E-state index contributed by atoms with van der Waals surface area (Å²) < 4.78 is 10.6. The van der Waals surface area contributed by atoms with Crippen molar-refractivity contribution in [2.45, 2.75) is 51.1 Å². The van der Waals surface area contributed by atoms with E-state index in [0.717, 1.165) is 19.3 Å². The zero-order chi connectivity index (χ0) is 9.19. The fraction of sp³-hybridized carbons (Fsp3) is 1.00. The first-order valence-electron chi connectivity index (χ1n) is 4.44. The molecule has 0 aliphatic carbocycles. The second kappa shape index (κ2) is 3.73. The number of rotatable bonds is 2. The van der Waals surface area contributed by atoms with Crippen LogP contribution in [0.2, 0.25) is 0 Å². The summed E-state index contributed by atoms with van der Waals surface area (Å²) in [4.78, 5) is 0. The highest BCUT2D eigenvalue weighted by molar-refractivity contribution is 4.81. The van der Waals surface area contributed by atoms with Gasteiger partial charge in [0, 0.05) is 7.11 Å². The molecule has 3 nitrogen and oxygen atoms in total. The molecule has 0 radical (unpaired) electrons. The van der Waals surface area contributed by atoms with E-state index in [1.165, 1.54) is 0 Å². The van der Waals surface area contributed by atoms with Crippen molar-refractivity contribution in [1.82, 2.24) is 0 Å². The van der Waals surface area contributed by atoms with Gasteiger partial charge in [-0.3, -0.25) is 0 Å². The molecule has 1 saturated heterocycles. The molecule has 1 unspecified atom stereocenters. The third kappa shape index (κ3) is 2.44. The minimum atomic E-state index is -0.753. The van der Waals surface area contributed by atoms with E-state index in [4.69, 9.17) is 9.47 Å². The highest BCUT2D eigenvalue weighted by Crippen LogP contribution is 2.26. The zero-order valence-corrected chi connectivity index (χ0v) is 8.04. The van der Waals surface area contributed by atoms with Crippen LogP contribution in [0.3, 0.4) is 0 Å². The maximum Gasteiger partial charge on any atom is 0.157 e. The Hall–Kier alpha value is -0.120. The Morgan fingerprint density at radius 2 is 2.08 bits per heavy atom.